The molecule has 0 saturated carbocycles. The van der Waals surface area contributed by atoms with Crippen LogP contribution in [0.4, 0.5) is 0 Å². The molecular weight excluding hydrogens is 653 g/mol. The molecule has 2 heteroatoms. The molecular formula is C52H32N2. The summed E-state index contributed by atoms with van der Waals surface area (Å²) >= 11 is 0. The zero-order valence-electron chi connectivity index (χ0n) is 29.4. The molecule has 0 spiro atoms. The van der Waals surface area contributed by atoms with Gasteiger partial charge in [0.05, 0.1) is 27.8 Å². The Bertz CT molecular complexity index is 3280. The highest BCUT2D eigenvalue weighted by atomic mass is 15.0. The Kier molecular flexibility index (Phi) is 6.09. The number of aromatic nitrogens is 2. The van der Waals surface area contributed by atoms with Crippen molar-refractivity contribution in [1.29, 1.82) is 0 Å². The molecule has 2 nitrogen and oxygen atoms in total. The van der Waals surface area contributed by atoms with Gasteiger partial charge in [-0.3, -0.25) is 0 Å². The summed E-state index contributed by atoms with van der Waals surface area (Å²) in [4.78, 5) is 0. The van der Waals surface area contributed by atoms with Gasteiger partial charge in [0.15, 0.2) is 0 Å². The lowest BCUT2D eigenvalue weighted by atomic mass is 10.00. The van der Waals surface area contributed by atoms with Crippen LogP contribution in [0.3, 0.4) is 0 Å². The molecule has 0 aliphatic heterocycles. The van der Waals surface area contributed by atoms with Crippen LogP contribution in [0.25, 0.3) is 110 Å². The second-order valence-electron chi connectivity index (χ2n) is 14.5. The van der Waals surface area contributed by atoms with Crippen molar-refractivity contribution in [3.05, 3.63) is 194 Å². The molecule has 1 aliphatic rings. The van der Waals surface area contributed by atoms with Crippen LogP contribution in [0, 0.1) is 0 Å². The Morgan fingerprint density at radius 3 is 1.48 bits per heavy atom. The van der Waals surface area contributed by atoms with Crippen molar-refractivity contribution in [3.63, 3.8) is 0 Å². The van der Waals surface area contributed by atoms with Crippen molar-refractivity contribution in [2.24, 2.45) is 0 Å². The molecule has 0 bridgehead atoms. The standard InChI is InChI=1S/C52H32N2/c1-2-12-33(13-3-1)34-24-26-35(27-25-34)36-14-10-15-37(30-36)53-47-22-8-6-18-40(47)45-32-51-46(31-50(45)53)41-19-7-9-23-48(41)54(51)49-29-28-43-39-17-5-4-16-38(39)42-20-11-21-44(49)52(42)43/h1-32H. The highest BCUT2D eigenvalue weighted by molar-refractivity contribution is 6.21. The summed E-state index contributed by atoms with van der Waals surface area (Å²) in [7, 11) is 0. The number of para-hydroxylation sites is 2. The molecule has 0 amide bonds. The highest BCUT2D eigenvalue weighted by Gasteiger charge is 2.24. The molecule has 9 aromatic carbocycles. The Morgan fingerprint density at radius 2 is 0.759 bits per heavy atom. The highest BCUT2D eigenvalue weighted by Crippen LogP contribution is 2.49. The normalized spacial score (nSPS) is 12.1. The predicted molar refractivity (Wildman–Crippen MR) is 228 cm³/mol. The van der Waals surface area contributed by atoms with Gasteiger partial charge in [0.1, 0.15) is 0 Å². The molecule has 2 aromatic heterocycles. The fourth-order valence-electron chi connectivity index (χ4n) is 9.27. The third kappa shape index (κ3) is 4.11. The van der Waals surface area contributed by atoms with E-state index in [9.17, 15) is 0 Å². The molecule has 0 unspecified atom stereocenters. The van der Waals surface area contributed by atoms with Gasteiger partial charge < -0.3 is 9.13 Å². The van der Waals surface area contributed by atoms with Crippen molar-refractivity contribution in [2.75, 3.05) is 0 Å². The molecule has 2 heterocycles. The minimum Gasteiger partial charge on any atom is -0.309 e. The lowest BCUT2D eigenvalue weighted by Crippen LogP contribution is -1.96. The second-order valence-corrected chi connectivity index (χ2v) is 14.5. The van der Waals surface area contributed by atoms with Gasteiger partial charge in [0.25, 0.3) is 0 Å². The molecule has 1 aliphatic carbocycles. The number of benzene rings is 9. The summed E-state index contributed by atoms with van der Waals surface area (Å²) in [6.45, 7) is 0. The summed E-state index contributed by atoms with van der Waals surface area (Å²) in [6, 6.07) is 71.4. The van der Waals surface area contributed by atoms with Gasteiger partial charge in [-0.05, 0) is 92.4 Å². The van der Waals surface area contributed by atoms with Crippen molar-refractivity contribution < 1.29 is 0 Å². The van der Waals surface area contributed by atoms with E-state index in [0.717, 1.165) is 5.69 Å². The average molecular weight is 685 g/mol. The summed E-state index contributed by atoms with van der Waals surface area (Å²) in [6.07, 6.45) is 0. The Balaban J connectivity index is 1.08. The fraction of sp³-hybridized carbons (Fsp3) is 0. The summed E-state index contributed by atoms with van der Waals surface area (Å²) in [5, 5.41) is 7.62. The predicted octanol–water partition coefficient (Wildman–Crippen LogP) is 14.0. The largest absolute Gasteiger partial charge is 0.309 e. The van der Waals surface area contributed by atoms with E-state index >= 15 is 0 Å². The van der Waals surface area contributed by atoms with E-state index in [-0.39, 0.29) is 0 Å². The second kappa shape index (κ2) is 11.2. The van der Waals surface area contributed by atoms with Crippen LogP contribution in [0.5, 0.6) is 0 Å². The first-order valence-electron chi connectivity index (χ1n) is 18.7. The third-order valence-corrected chi connectivity index (χ3v) is 11.7. The minimum absolute atomic E-state index is 1.15. The summed E-state index contributed by atoms with van der Waals surface area (Å²) in [5.41, 5.74) is 17.4. The van der Waals surface area contributed by atoms with E-state index in [1.807, 2.05) is 0 Å². The van der Waals surface area contributed by atoms with Gasteiger partial charge in [0, 0.05) is 32.6 Å². The van der Waals surface area contributed by atoms with Crippen molar-refractivity contribution in [2.45, 2.75) is 0 Å². The molecule has 0 radical (unpaired) electrons. The Hall–Kier alpha value is -7.16. The van der Waals surface area contributed by atoms with E-state index in [2.05, 4.69) is 203 Å². The lowest BCUT2D eigenvalue weighted by molar-refractivity contribution is 1.18. The maximum atomic E-state index is 2.50. The van der Waals surface area contributed by atoms with Gasteiger partial charge in [-0.2, -0.15) is 0 Å². The Labute approximate surface area is 312 Å². The number of hydrogen-bond acceptors (Lipinski definition) is 0. The molecule has 0 atom stereocenters. The van der Waals surface area contributed by atoms with Crippen LogP contribution < -0.4 is 0 Å². The number of rotatable bonds is 4. The van der Waals surface area contributed by atoms with Gasteiger partial charge in [-0.1, -0.05) is 152 Å². The first-order chi connectivity index (χ1) is 26.8. The maximum Gasteiger partial charge on any atom is 0.0549 e. The molecule has 0 saturated heterocycles. The molecule has 11 aromatic rings. The smallest absolute Gasteiger partial charge is 0.0549 e. The van der Waals surface area contributed by atoms with E-state index in [0.29, 0.717) is 0 Å². The van der Waals surface area contributed by atoms with Crippen LogP contribution in [0.15, 0.2) is 194 Å². The molecule has 12 rings (SSSR count). The van der Waals surface area contributed by atoms with E-state index in [4.69, 9.17) is 0 Å². The number of hydrogen-bond donors (Lipinski definition) is 0. The topological polar surface area (TPSA) is 9.86 Å². The first kappa shape index (κ1) is 29.4. The third-order valence-electron chi connectivity index (χ3n) is 11.7. The van der Waals surface area contributed by atoms with Crippen LogP contribution in [-0.2, 0) is 0 Å². The van der Waals surface area contributed by atoms with Crippen molar-refractivity contribution in [1.82, 2.24) is 9.13 Å². The van der Waals surface area contributed by atoms with Crippen LogP contribution in [-0.4, -0.2) is 9.13 Å². The van der Waals surface area contributed by atoms with Crippen molar-refractivity contribution >= 4 is 54.4 Å². The zero-order valence-corrected chi connectivity index (χ0v) is 29.4. The molecule has 54 heavy (non-hydrogen) atoms. The zero-order chi connectivity index (χ0) is 35.3. The average Bonchev–Trinajstić information content (AvgIpc) is 3.87. The monoisotopic (exact) mass is 684 g/mol. The van der Waals surface area contributed by atoms with Gasteiger partial charge in [-0.25, -0.2) is 0 Å². The van der Waals surface area contributed by atoms with Crippen LogP contribution in [0.2, 0.25) is 0 Å². The van der Waals surface area contributed by atoms with E-state index in [1.54, 1.807) is 0 Å². The summed E-state index contributed by atoms with van der Waals surface area (Å²) < 4.78 is 4.95. The van der Waals surface area contributed by atoms with Crippen LogP contribution in [0.1, 0.15) is 0 Å². The van der Waals surface area contributed by atoms with Crippen molar-refractivity contribution in [3.8, 4) is 55.9 Å². The summed E-state index contributed by atoms with van der Waals surface area (Å²) in [5.74, 6) is 0. The van der Waals surface area contributed by atoms with E-state index in [1.165, 1.54) is 105 Å². The quantitative estimate of drug-likeness (QED) is 0.175. The van der Waals surface area contributed by atoms with E-state index < -0.39 is 0 Å². The maximum absolute atomic E-state index is 2.50. The molecule has 0 N–H and O–H groups in total. The van der Waals surface area contributed by atoms with Gasteiger partial charge >= 0.3 is 0 Å². The van der Waals surface area contributed by atoms with Gasteiger partial charge in [-0.15, -0.1) is 0 Å². The number of nitrogens with zero attached hydrogens (tertiary/aromatic N) is 2. The molecule has 250 valence electrons. The SMILES string of the molecule is c1ccc(-c2ccc(-c3cccc(-n4c5ccccc5c5cc6c(cc54)c4ccccc4n6-c4ccc5c6c(cccc46)-c4ccccc4-5)c3)cc2)cc1. The van der Waals surface area contributed by atoms with Gasteiger partial charge in [0.2, 0.25) is 0 Å². The number of fused-ring (bicyclic) bond motifs is 9. The lowest BCUT2D eigenvalue weighted by Gasteiger charge is -2.14. The first-order valence-corrected chi connectivity index (χ1v) is 18.7. The van der Waals surface area contributed by atoms with Crippen LogP contribution >= 0.6 is 0 Å². The minimum atomic E-state index is 1.15. The fourth-order valence-corrected chi connectivity index (χ4v) is 9.27. The Morgan fingerprint density at radius 1 is 0.259 bits per heavy atom. The molecule has 0 fully saturated rings.